The summed E-state index contributed by atoms with van der Waals surface area (Å²) in [5.41, 5.74) is 0. The smallest absolute Gasteiger partial charge is 0.291 e. The van der Waals surface area contributed by atoms with Gasteiger partial charge >= 0.3 is 0 Å². The molecule has 0 bridgehead atoms. The van der Waals surface area contributed by atoms with Crippen LogP contribution in [0.3, 0.4) is 0 Å². The van der Waals surface area contributed by atoms with Crippen LogP contribution in [0.5, 0.6) is 0 Å². The third-order valence-corrected chi connectivity index (χ3v) is 2.98. The first-order valence-corrected chi connectivity index (χ1v) is 5.36. The minimum absolute atomic E-state index is 0.168. The molecule has 0 aromatic carbocycles. The molecule has 0 aliphatic heterocycles. The predicted octanol–water partition coefficient (Wildman–Crippen LogP) is 1.03. The summed E-state index contributed by atoms with van der Waals surface area (Å²) in [6.45, 7) is 3.95. The van der Waals surface area contributed by atoms with Crippen LogP contribution in [0.25, 0.3) is 0 Å². The quantitative estimate of drug-likeness (QED) is 0.762. The zero-order valence-corrected chi connectivity index (χ0v) is 9.08. The van der Waals surface area contributed by atoms with Crippen molar-refractivity contribution in [3.8, 4) is 0 Å². The number of H-pyrrole nitrogens is 1. The zero-order chi connectivity index (χ0) is 10.8. The van der Waals surface area contributed by atoms with E-state index in [0.29, 0.717) is 11.7 Å². The Balaban J connectivity index is 1.97. The molecule has 15 heavy (non-hydrogen) atoms. The second-order valence-corrected chi connectivity index (χ2v) is 4.23. The lowest BCUT2D eigenvalue weighted by Crippen LogP contribution is -2.37. The number of carbonyl (C=O) groups excluding carboxylic acids is 1. The number of nitrogens with one attached hydrogen (secondary N) is 2. The lowest BCUT2D eigenvalue weighted by Gasteiger charge is -2.15. The summed E-state index contributed by atoms with van der Waals surface area (Å²) in [5.74, 6) is 1.30. The molecule has 1 amide bonds. The van der Waals surface area contributed by atoms with Crippen molar-refractivity contribution < 1.29 is 4.79 Å². The van der Waals surface area contributed by atoms with Crippen LogP contribution >= 0.6 is 0 Å². The number of aromatic nitrogens is 3. The number of aryl methyl sites for hydroxylation is 1. The molecule has 1 aromatic heterocycles. The Morgan fingerprint density at radius 1 is 1.53 bits per heavy atom. The van der Waals surface area contributed by atoms with Crippen LogP contribution in [0.1, 0.15) is 42.6 Å². The first-order chi connectivity index (χ1) is 7.16. The Hall–Kier alpha value is -1.39. The summed E-state index contributed by atoms with van der Waals surface area (Å²) in [7, 11) is 0. The van der Waals surface area contributed by atoms with Crippen LogP contribution in [0.4, 0.5) is 0 Å². The molecule has 0 radical (unpaired) electrons. The molecule has 2 N–H and O–H groups in total. The van der Waals surface area contributed by atoms with E-state index in [1.54, 1.807) is 6.92 Å². The number of nitrogens with zero attached hydrogens (tertiary/aromatic N) is 2. The molecule has 1 saturated carbocycles. The normalized spacial score (nSPS) is 25.5. The minimum atomic E-state index is -0.168. The number of carbonyl (C=O) groups is 1. The fourth-order valence-corrected chi connectivity index (χ4v) is 2.04. The third kappa shape index (κ3) is 2.16. The molecule has 0 spiro atoms. The van der Waals surface area contributed by atoms with Crippen molar-refractivity contribution >= 4 is 5.91 Å². The highest BCUT2D eigenvalue weighted by atomic mass is 16.2. The summed E-state index contributed by atoms with van der Waals surface area (Å²) in [5, 5.41) is 9.47. The maximum Gasteiger partial charge on any atom is 0.291 e. The van der Waals surface area contributed by atoms with Gasteiger partial charge in [-0.2, -0.15) is 0 Å². The van der Waals surface area contributed by atoms with Crippen molar-refractivity contribution in [3.63, 3.8) is 0 Å². The van der Waals surface area contributed by atoms with Gasteiger partial charge in [-0.3, -0.25) is 9.89 Å². The van der Waals surface area contributed by atoms with Gasteiger partial charge < -0.3 is 5.32 Å². The van der Waals surface area contributed by atoms with Gasteiger partial charge in [0.15, 0.2) is 0 Å². The lowest BCUT2D eigenvalue weighted by atomic mass is 10.1. The topological polar surface area (TPSA) is 70.7 Å². The van der Waals surface area contributed by atoms with Gasteiger partial charge in [0, 0.05) is 6.04 Å². The first kappa shape index (κ1) is 10.1. The summed E-state index contributed by atoms with van der Waals surface area (Å²) < 4.78 is 0. The highest BCUT2D eigenvalue weighted by molar-refractivity contribution is 5.90. The molecule has 5 nitrogen and oxygen atoms in total. The highest BCUT2D eigenvalue weighted by Crippen LogP contribution is 2.24. The fraction of sp³-hybridized carbons (Fsp3) is 0.700. The Kier molecular flexibility index (Phi) is 2.70. The largest absolute Gasteiger partial charge is 0.346 e. The molecular weight excluding hydrogens is 192 g/mol. The second-order valence-electron chi connectivity index (χ2n) is 4.23. The number of rotatable bonds is 2. The fourth-order valence-electron chi connectivity index (χ4n) is 2.04. The Morgan fingerprint density at radius 3 is 2.87 bits per heavy atom. The van der Waals surface area contributed by atoms with Crippen LogP contribution in [0.2, 0.25) is 0 Å². The Bertz CT molecular complexity index is 360. The van der Waals surface area contributed by atoms with E-state index >= 15 is 0 Å². The van der Waals surface area contributed by atoms with Crippen molar-refractivity contribution in [2.24, 2.45) is 5.92 Å². The summed E-state index contributed by atoms with van der Waals surface area (Å²) in [6.07, 6.45) is 3.45. The molecule has 1 aliphatic rings. The summed E-state index contributed by atoms with van der Waals surface area (Å²) >= 11 is 0. The molecule has 2 atom stereocenters. The average molecular weight is 208 g/mol. The molecule has 2 rings (SSSR count). The van der Waals surface area contributed by atoms with Crippen LogP contribution in [-0.2, 0) is 0 Å². The summed E-state index contributed by atoms with van der Waals surface area (Å²) in [4.78, 5) is 15.7. The molecule has 5 heteroatoms. The monoisotopic (exact) mass is 208 g/mol. The maximum absolute atomic E-state index is 11.7. The zero-order valence-electron chi connectivity index (χ0n) is 9.08. The van der Waals surface area contributed by atoms with Gasteiger partial charge in [-0.1, -0.05) is 13.3 Å². The third-order valence-electron chi connectivity index (χ3n) is 2.98. The summed E-state index contributed by atoms with van der Waals surface area (Å²) in [6, 6.07) is 0.288. The predicted molar refractivity (Wildman–Crippen MR) is 55.4 cm³/mol. The lowest BCUT2D eigenvalue weighted by molar-refractivity contribution is 0.0919. The molecule has 1 aliphatic carbocycles. The molecule has 0 saturated heterocycles. The van der Waals surface area contributed by atoms with E-state index in [-0.39, 0.29) is 17.8 Å². The molecular formula is C10H16N4O. The Labute approximate surface area is 88.7 Å². The van der Waals surface area contributed by atoms with Gasteiger partial charge in [0.2, 0.25) is 5.82 Å². The maximum atomic E-state index is 11.7. The molecule has 82 valence electrons. The van der Waals surface area contributed by atoms with E-state index in [1.165, 1.54) is 12.8 Å². The van der Waals surface area contributed by atoms with Crippen LogP contribution in [-0.4, -0.2) is 27.1 Å². The van der Waals surface area contributed by atoms with E-state index in [1.807, 2.05) is 0 Å². The SMILES string of the molecule is Cc1nc(C(=O)NC2CCCC2C)n[nH]1. The second kappa shape index (κ2) is 4.00. The molecule has 2 unspecified atom stereocenters. The number of hydrogen-bond acceptors (Lipinski definition) is 3. The van der Waals surface area contributed by atoms with Crippen LogP contribution < -0.4 is 5.32 Å². The van der Waals surface area contributed by atoms with E-state index in [4.69, 9.17) is 0 Å². The number of hydrogen-bond donors (Lipinski definition) is 2. The van der Waals surface area contributed by atoms with Gasteiger partial charge in [-0.25, -0.2) is 4.98 Å². The van der Waals surface area contributed by atoms with Crippen molar-refractivity contribution in [2.45, 2.75) is 39.2 Å². The standard InChI is InChI=1S/C10H16N4O/c1-6-4-3-5-8(6)12-10(15)9-11-7(2)13-14-9/h6,8H,3-5H2,1-2H3,(H,12,15)(H,11,13,14). The molecule has 1 heterocycles. The van der Waals surface area contributed by atoms with Crippen molar-refractivity contribution in [1.82, 2.24) is 20.5 Å². The number of aromatic amines is 1. The van der Waals surface area contributed by atoms with E-state index < -0.39 is 0 Å². The van der Waals surface area contributed by atoms with Crippen molar-refractivity contribution in [1.29, 1.82) is 0 Å². The van der Waals surface area contributed by atoms with Gasteiger partial charge in [0.05, 0.1) is 0 Å². The minimum Gasteiger partial charge on any atom is -0.346 e. The van der Waals surface area contributed by atoms with Gasteiger partial charge in [-0.05, 0) is 25.7 Å². The average Bonchev–Trinajstić information content (AvgIpc) is 2.77. The highest BCUT2D eigenvalue weighted by Gasteiger charge is 2.26. The van der Waals surface area contributed by atoms with E-state index in [2.05, 4.69) is 27.4 Å². The number of amides is 1. The van der Waals surface area contributed by atoms with Crippen LogP contribution in [0, 0.1) is 12.8 Å². The first-order valence-electron chi connectivity index (χ1n) is 5.36. The van der Waals surface area contributed by atoms with Gasteiger partial charge in [0.25, 0.3) is 5.91 Å². The van der Waals surface area contributed by atoms with Crippen molar-refractivity contribution in [2.75, 3.05) is 0 Å². The van der Waals surface area contributed by atoms with E-state index in [9.17, 15) is 4.79 Å². The van der Waals surface area contributed by atoms with Gasteiger partial charge in [-0.15, -0.1) is 5.10 Å². The van der Waals surface area contributed by atoms with E-state index in [0.717, 1.165) is 6.42 Å². The van der Waals surface area contributed by atoms with Crippen LogP contribution in [0.15, 0.2) is 0 Å². The molecule has 1 aromatic rings. The van der Waals surface area contributed by atoms with Gasteiger partial charge in [0.1, 0.15) is 5.82 Å². The Morgan fingerprint density at radius 2 is 2.33 bits per heavy atom. The van der Waals surface area contributed by atoms with Crippen molar-refractivity contribution in [3.05, 3.63) is 11.6 Å². The molecule has 1 fully saturated rings.